The Morgan fingerprint density at radius 1 is 1.33 bits per heavy atom. The third-order valence-electron chi connectivity index (χ3n) is 3.78. The highest BCUT2D eigenvalue weighted by Gasteiger charge is 2.21. The number of ether oxygens (including phenoxy) is 1. The van der Waals surface area contributed by atoms with E-state index >= 15 is 0 Å². The Morgan fingerprint density at radius 2 is 2.11 bits per heavy atom. The number of nitrogens with two attached hydrogens (primary N) is 1. The van der Waals surface area contributed by atoms with Gasteiger partial charge in [0.05, 0.1) is 12.3 Å². The van der Waals surface area contributed by atoms with E-state index < -0.39 is 0 Å². The lowest BCUT2D eigenvalue weighted by molar-refractivity contribution is 0.341. The maximum atomic E-state index is 5.88. The monoisotopic (exact) mass is 248 g/mol. The van der Waals surface area contributed by atoms with Crippen LogP contribution < -0.4 is 15.8 Å². The van der Waals surface area contributed by atoms with E-state index in [2.05, 4.69) is 12.2 Å². The summed E-state index contributed by atoms with van der Waals surface area (Å²) >= 11 is 0. The van der Waals surface area contributed by atoms with Crippen LogP contribution in [0.25, 0.3) is 0 Å². The third kappa shape index (κ3) is 3.09. The quantitative estimate of drug-likeness (QED) is 0.799. The average molecular weight is 248 g/mol. The molecule has 0 amide bonds. The molecule has 2 unspecified atom stereocenters. The van der Waals surface area contributed by atoms with Crippen molar-refractivity contribution < 1.29 is 4.74 Å². The lowest BCUT2D eigenvalue weighted by Crippen LogP contribution is -2.30. The topological polar surface area (TPSA) is 47.3 Å². The molecule has 1 aliphatic rings. The first kappa shape index (κ1) is 13.1. The molecule has 1 aromatic carbocycles. The minimum Gasteiger partial charge on any atom is -0.492 e. The minimum atomic E-state index is 0.580. The number of hydrogen-bond donors (Lipinski definition) is 2. The molecule has 0 spiro atoms. The number of hydrogen-bond acceptors (Lipinski definition) is 3. The molecule has 0 heterocycles. The van der Waals surface area contributed by atoms with Crippen molar-refractivity contribution in [3.05, 3.63) is 18.2 Å². The molecule has 1 aliphatic carbocycles. The van der Waals surface area contributed by atoms with Crippen LogP contribution in [0.5, 0.6) is 5.75 Å². The molecule has 1 fully saturated rings. The Hall–Kier alpha value is -1.38. The van der Waals surface area contributed by atoms with Crippen LogP contribution in [0.4, 0.5) is 11.4 Å². The van der Waals surface area contributed by atoms with E-state index in [-0.39, 0.29) is 0 Å². The van der Waals surface area contributed by atoms with Crippen LogP contribution in [0.2, 0.25) is 0 Å². The van der Waals surface area contributed by atoms with Crippen molar-refractivity contribution in [3.63, 3.8) is 0 Å². The summed E-state index contributed by atoms with van der Waals surface area (Å²) in [6.07, 6.45) is 5.28. The van der Waals surface area contributed by atoms with Crippen LogP contribution >= 0.6 is 0 Å². The first-order chi connectivity index (χ1) is 8.70. The molecule has 100 valence electrons. The first-order valence-electron chi connectivity index (χ1n) is 6.99. The van der Waals surface area contributed by atoms with E-state index in [4.69, 9.17) is 10.5 Å². The van der Waals surface area contributed by atoms with E-state index in [9.17, 15) is 0 Å². The van der Waals surface area contributed by atoms with Crippen molar-refractivity contribution in [1.82, 2.24) is 0 Å². The molecule has 3 nitrogen and oxygen atoms in total. The standard InChI is InChI=1S/C15H24N2O/c1-3-18-15-10-12(8-9-13(15)16)17-14-7-5-4-6-11(14)2/h8-11,14,17H,3-7,16H2,1-2H3. The van der Waals surface area contributed by atoms with Gasteiger partial charge in [0.25, 0.3) is 0 Å². The largest absolute Gasteiger partial charge is 0.492 e. The van der Waals surface area contributed by atoms with Gasteiger partial charge >= 0.3 is 0 Å². The summed E-state index contributed by atoms with van der Waals surface area (Å²) in [7, 11) is 0. The second-order valence-corrected chi connectivity index (χ2v) is 5.20. The molecular formula is C15H24N2O. The van der Waals surface area contributed by atoms with Gasteiger partial charge in [-0.2, -0.15) is 0 Å². The van der Waals surface area contributed by atoms with Gasteiger partial charge in [-0.25, -0.2) is 0 Å². The molecule has 1 aromatic rings. The van der Waals surface area contributed by atoms with Gasteiger partial charge in [0.15, 0.2) is 0 Å². The molecule has 0 aromatic heterocycles. The lowest BCUT2D eigenvalue weighted by Gasteiger charge is -2.30. The molecular weight excluding hydrogens is 224 g/mol. The Balaban J connectivity index is 2.06. The predicted molar refractivity (Wildman–Crippen MR) is 77.1 cm³/mol. The summed E-state index contributed by atoms with van der Waals surface area (Å²) in [6, 6.07) is 6.55. The maximum Gasteiger partial charge on any atom is 0.144 e. The summed E-state index contributed by atoms with van der Waals surface area (Å²) in [5.41, 5.74) is 7.71. The van der Waals surface area contributed by atoms with E-state index in [1.807, 2.05) is 25.1 Å². The highest BCUT2D eigenvalue weighted by molar-refractivity contribution is 5.61. The predicted octanol–water partition coefficient (Wildman–Crippen LogP) is 3.66. The van der Waals surface area contributed by atoms with Crippen molar-refractivity contribution in [2.24, 2.45) is 5.92 Å². The van der Waals surface area contributed by atoms with E-state index in [1.54, 1.807) is 0 Å². The highest BCUT2D eigenvalue weighted by Crippen LogP contribution is 2.30. The molecule has 0 bridgehead atoms. The first-order valence-corrected chi connectivity index (χ1v) is 6.99. The van der Waals surface area contributed by atoms with Crippen molar-refractivity contribution >= 4 is 11.4 Å². The molecule has 2 atom stereocenters. The van der Waals surface area contributed by atoms with Crippen molar-refractivity contribution in [3.8, 4) is 5.75 Å². The third-order valence-corrected chi connectivity index (χ3v) is 3.78. The molecule has 0 radical (unpaired) electrons. The molecule has 1 saturated carbocycles. The average Bonchev–Trinajstić information content (AvgIpc) is 2.36. The Morgan fingerprint density at radius 3 is 2.83 bits per heavy atom. The van der Waals surface area contributed by atoms with Crippen LogP contribution in [-0.4, -0.2) is 12.6 Å². The lowest BCUT2D eigenvalue weighted by atomic mass is 9.86. The molecule has 0 saturated heterocycles. The zero-order valence-corrected chi connectivity index (χ0v) is 11.4. The van der Waals surface area contributed by atoms with E-state index in [0.717, 1.165) is 17.4 Å². The number of anilines is 2. The fourth-order valence-corrected chi connectivity index (χ4v) is 2.65. The normalized spacial score (nSPS) is 23.7. The molecule has 0 aliphatic heterocycles. The Labute approximate surface area is 110 Å². The van der Waals surface area contributed by atoms with Gasteiger partial charge in [-0.1, -0.05) is 19.8 Å². The van der Waals surface area contributed by atoms with Gasteiger partial charge in [0.2, 0.25) is 0 Å². The highest BCUT2D eigenvalue weighted by atomic mass is 16.5. The van der Waals surface area contributed by atoms with Gasteiger partial charge in [-0.05, 0) is 37.8 Å². The van der Waals surface area contributed by atoms with Crippen LogP contribution in [0, 0.1) is 5.92 Å². The van der Waals surface area contributed by atoms with Gasteiger partial charge in [-0.3, -0.25) is 0 Å². The molecule has 3 N–H and O–H groups in total. The number of rotatable bonds is 4. The zero-order chi connectivity index (χ0) is 13.0. The number of nitrogens with one attached hydrogen (secondary N) is 1. The van der Waals surface area contributed by atoms with Crippen molar-refractivity contribution in [1.29, 1.82) is 0 Å². The van der Waals surface area contributed by atoms with Crippen LogP contribution in [0.1, 0.15) is 39.5 Å². The summed E-state index contributed by atoms with van der Waals surface area (Å²) < 4.78 is 5.53. The van der Waals surface area contributed by atoms with Gasteiger partial charge in [0.1, 0.15) is 5.75 Å². The van der Waals surface area contributed by atoms with Crippen LogP contribution in [0.3, 0.4) is 0 Å². The SMILES string of the molecule is CCOc1cc(NC2CCCCC2C)ccc1N. The second-order valence-electron chi connectivity index (χ2n) is 5.20. The van der Waals surface area contributed by atoms with Crippen LogP contribution in [-0.2, 0) is 0 Å². The van der Waals surface area contributed by atoms with Crippen LogP contribution in [0.15, 0.2) is 18.2 Å². The molecule has 3 heteroatoms. The van der Waals surface area contributed by atoms with Crippen molar-refractivity contribution in [2.45, 2.75) is 45.6 Å². The number of nitrogen functional groups attached to an aromatic ring is 1. The fourth-order valence-electron chi connectivity index (χ4n) is 2.65. The summed E-state index contributed by atoms with van der Waals surface area (Å²) in [6.45, 7) is 4.95. The van der Waals surface area contributed by atoms with Gasteiger partial charge in [-0.15, -0.1) is 0 Å². The molecule has 2 rings (SSSR count). The minimum absolute atomic E-state index is 0.580. The van der Waals surface area contributed by atoms with Gasteiger partial charge in [0, 0.05) is 17.8 Å². The zero-order valence-electron chi connectivity index (χ0n) is 11.4. The number of benzene rings is 1. The summed E-state index contributed by atoms with van der Waals surface area (Å²) in [5, 5.41) is 3.62. The van der Waals surface area contributed by atoms with E-state index in [1.165, 1.54) is 25.7 Å². The fraction of sp³-hybridized carbons (Fsp3) is 0.600. The Kier molecular flexibility index (Phi) is 4.34. The van der Waals surface area contributed by atoms with E-state index in [0.29, 0.717) is 18.3 Å². The second kappa shape index (κ2) is 5.98. The van der Waals surface area contributed by atoms with Crippen molar-refractivity contribution in [2.75, 3.05) is 17.7 Å². The maximum absolute atomic E-state index is 5.88. The van der Waals surface area contributed by atoms with Gasteiger partial charge < -0.3 is 15.8 Å². The summed E-state index contributed by atoms with van der Waals surface area (Å²) in [5.74, 6) is 1.53. The molecule has 18 heavy (non-hydrogen) atoms. The smallest absolute Gasteiger partial charge is 0.144 e. The summed E-state index contributed by atoms with van der Waals surface area (Å²) in [4.78, 5) is 0. The Bertz CT molecular complexity index is 392.